The number of piperidine rings is 1. The normalized spacial score (nSPS) is 21.9. The first-order chi connectivity index (χ1) is 10.5. The van der Waals surface area contributed by atoms with E-state index in [-0.39, 0.29) is 5.91 Å². The number of benzene rings is 1. The Morgan fingerprint density at radius 1 is 1.18 bits per heavy atom. The molecule has 0 aliphatic carbocycles. The minimum atomic E-state index is 0.103. The summed E-state index contributed by atoms with van der Waals surface area (Å²) >= 11 is 0. The third-order valence-electron chi connectivity index (χ3n) is 4.06. The molecule has 1 amide bonds. The molecule has 1 aromatic carbocycles. The summed E-state index contributed by atoms with van der Waals surface area (Å²) in [6, 6.07) is 7.39. The van der Waals surface area contributed by atoms with E-state index in [9.17, 15) is 4.79 Å². The van der Waals surface area contributed by atoms with Crippen LogP contribution in [0.1, 0.15) is 36.5 Å². The first-order valence-electron chi connectivity index (χ1n) is 7.73. The summed E-state index contributed by atoms with van der Waals surface area (Å²) in [5, 5.41) is 3.78. The molecule has 5 nitrogen and oxygen atoms in total. The second-order valence-corrected chi connectivity index (χ2v) is 6.38. The van der Waals surface area contributed by atoms with E-state index < -0.39 is 0 Å². The highest BCUT2D eigenvalue weighted by atomic mass is 16.5. The van der Waals surface area contributed by atoms with E-state index in [2.05, 4.69) is 24.0 Å². The van der Waals surface area contributed by atoms with Gasteiger partial charge in [-0.25, -0.2) is 0 Å². The lowest BCUT2D eigenvalue weighted by molar-refractivity contribution is 0.0623. The first kappa shape index (κ1) is 14.8. The van der Waals surface area contributed by atoms with Crippen molar-refractivity contribution >= 4 is 5.91 Å². The molecule has 0 N–H and O–H groups in total. The average molecular weight is 299 g/mol. The Hall–Kier alpha value is -2.17. The summed E-state index contributed by atoms with van der Waals surface area (Å²) < 4.78 is 5.14. The van der Waals surface area contributed by atoms with Gasteiger partial charge in [0, 0.05) is 24.2 Å². The van der Waals surface area contributed by atoms with Crippen LogP contribution in [0.2, 0.25) is 0 Å². The molecular weight excluding hydrogens is 278 g/mol. The number of hydrogen-bond donors (Lipinski definition) is 0. The average Bonchev–Trinajstić information content (AvgIpc) is 2.92. The lowest BCUT2D eigenvalue weighted by atomic mass is 9.91. The maximum absolute atomic E-state index is 12.6. The van der Waals surface area contributed by atoms with Crippen molar-refractivity contribution in [3.63, 3.8) is 0 Å². The largest absolute Gasteiger partial charge is 0.338 e. The summed E-state index contributed by atoms with van der Waals surface area (Å²) in [6.07, 6.45) is 1.19. The van der Waals surface area contributed by atoms with Crippen LogP contribution < -0.4 is 0 Å². The Balaban J connectivity index is 1.76. The molecule has 0 bridgehead atoms. The van der Waals surface area contributed by atoms with E-state index in [1.807, 2.05) is 29.2 Å². The van der Waals surface area contributed by atoms with Crippen LogP contribution in [-0.4, -0.2) is 34.0 Å². The number of amides is 1. The number of hydrogen-bond acceptors (Lipinski definition) is 4. The van der Waals surface area contributed by atoms with E-state index in [0.717, 1.165) is 18.7 Å². The zero-order chi connectivity index (χ0) is 15.7. The molecular formula is C17H21N3O2. The minimum Gasteiger partial charge on any atom is -0.338 e. The third kappa shape index (κ3) is 3.03. The van der Waals surface area contributed by atoms with Crippen molar-refractivity contribution in [2.45, 2.75) is 27.2 Å². The Kier molecular flexibility index (Phi) is 3.96. The van der Waals surface area contributed by atoms with Crippen LogP contribution >= 0.6 is 0 Å². The zero-order valence-electron chi connectivity index (χ0n) is 13.2. The van der Waals surface area contributed by atoms with Crippen LogP contribution in [0.15, 0.2) is 28.8 Å². The Labute approximate surface area is 130 Å². The minimum absolute atomic E-state index is 0.103. The van der Waals surface area contributed by atoms with Gasteiger partial charge in [0.05, 0.1) is 0 Å². The topological polar surface area (TPSA) is 59.2 Å². The van der Waals surface area contributed by atoms with Crippen molar-refractivity contribution in [2.24, 2.45) is 11.8 Å². The van der Waals surface area contributed by atoms with Gasteiger partial charge >= 0.3 is 0 Å². The quantitative estimate of drug-likeness (QED) is 0.854. The Morgan fingerprint density at radius 3 is 2.36 bits per heavy atom. The highest BCUT2D eigenvalue weighted by Gasteiger charge is 2.26. The maximum atomic E-state index is 12.6. The fourth-order valence-electron chi connectivity index (χ4n) is 3.18. The van der Waals surface area contributed by atoms with Crippen LogP contribution in [0.4, 0.5) is 0 Å². The molecule has 0 saturated carbocycles. The highest BCUT2D eigenvalue weighted by Crippen LogP contribution is 2.23. The zero-order valence-corrected chi connectivity index (χ0v) is 13.2. The second kappa shape index (κ2) is 5.91. The van der Waals surface area contributed by atoms with Crippen LogP contribution in [0, 0.1) is 18.8 Å². The molecule has 0 spiro atoms. The van der Waals surface area contributed by atoms with Crippen molar-refractivity contribution in [3.8, 4) is 11.5 Å². The molecule has 1 fully saturated rings. The molecule has 5 heteroatoms. The van der Waals surface area contributed by atoms with Crippen LogP contribution in [-0.2, 0) is 0 Å². The van der Waals surface area contributed by atoms with Gasteiger partial charge in [0.25, 0.3) is 11.8 Å². The van der Waals surface area contributed by atoms with Crippen molar-refractivity contribution in [1.82, 2.24) is 15.0 Å². The molecule has 2 heterocycles. The molecule has 2 aromatic rings. The molecule has 1 aromatic heterocycles. The van der Waals surface area contributed by atoms with Crippen molar-refractivity contribution in [1.29, 1.82) is 0 Å². The number of carbonyl (C=O) groups excluding carboxylic acids is 1. The number of nitrogens with zero attached hydrogens (tertiary/aromatic N) is 3. The van der Waals surface area contributed by atoms with Crippen LogP contribution in [0.25, 0.3) is 11.5 Å². The number of aryl methyl sites for hydroxylation is 1. The molecule has 1 saturated heterocycles. The molecule has 116 valence electrons. The Bertz CT molecular complexity index is 653. The molecule has 1 aliphatic rings. The fourth-order valence-corrected chi connectivity index (χ4v) is 3.18. The van der Waals surface area contributed by atoms with E-state index in [4.69, 9.17) is 4.52 Å². The van der Waals surface area contributed by atoms with Gasteiger partial charge in [-0.3, -0.25) is 4.79 Å². The summed E-state index contributed by atoms with van der Waals surface area (Å²) in [4.78, 5) is 18.8. The second-order valence-electron chi connectivity index (χ2n) is 6.38. The predicted molar refractivity (Wildman–Crippen MR) is 83.3 cm³/mol. The molecule has 2 unspecified atom stereocenters. The number of rotatable bonds is 2. The van der Waals surface area contributed by atoms with E-state index in [0.29, 0.717) is 29.1 Å². The molecule has 2 atom stereocenters. The summed E-state index contributed by atoms with van der Waals surface area (Å²) in [5.41, 5.74) is 1.54. The van der Waals surface area contributed by atoms with Gasteiger partial charge in [-0.05, 0) is 49.4 Å². The predicted octanol–water partition coefficient (Wildman–Crippen LogP) is 3.16. The van der Waals surface area contributed by atoms with Gasteiger partial charge in [-0.1, -0.05) is 19.0 Å². The van der Waals surface area contributed by atoms with E-state index in [1.54, 1.807) is 6.92 Å². The Morgan fingerprint density at radius 2 is 1.82 bits per heavy atom. The smallest absolute Gasteiger partial charge is 0.257 e. The molecule has 0 radical (unpaired) electrons. The standard InChI is InChI=1S/C17H21N3O2/c1-11-8-12(2)10-20(9-11)17(21)15-6-4-14(5-7-15)16-18-13(3)19-22-16/h4-7,11-12H,8-10H2,1-3H3. The summed E-state index contributed by atoms with van der Waals surface area (Å²) in [5.74, 6) is 2.32. The van der Waals surface area contributed by atoms with Gasteiger partial charge in [0.15, 0.2) is 5.82 Å². The van der Waals surface area contributed by atoms with Crippen molar-refractivity contribution in [3.05, 3.63) is 35.7 Å². The highest BCUT2D eigenvalue weighted by molar-refractivity contribution is 5.94. The van der Waals surface area contributed by atoms with Gasteiger partial charge in [0.1, 0.15) is 0 Å². The van der Waals surface area contributed by atoms with Gasteiger partial charge in [0.2, 0.25) is 0 Å². The summed E-state index contributed by atoms with van der Waals surface area (Å²) in [7, 11) is 0. The first-order valence-corrected chi connectivity index (χ1v) is 7.73. The monoisotopic (exact) mass is 299 g/mol. The molecule has 3 rings (SSSR count). The maximum Gasteiger partial charge on any atom is 0.257 e. The lowest BCUT2D eigenvalue weighted by Crippen LogP contribution is -2.42. The van der Waals surface area contributed by atoms with E-state index >= 15 is 0 Å². The van der Waals surface area contributed by atoms with Crippen molar-refractivity contribution in [2.75, 3.05) is 13.1 Å². The van der Waals surface area contributed by atoms with Gasteiger partial charge in [-0.15, -0.1) is 0 Å². The van der Waals surface area contributed by atoms with Crippen LogP contribution in [0.5, 0.6) is 0 Å². The number of carbonyl (C=O) groups is 1. The van der Waals surface area contributed by atoms with Gasteiger partial charge in [-0.2, -0.15) is 4.98 Å². The van der Waals surface area contributed by atoms with Crippen molar-refractivity contribution < 1.29 is 9.32 Å². The van der Waals surface area contributed by atoms with Gasteiger partial charge < -0.3 is 9.42 Å². The molecule has 1 aliphatic heterocycles. The third-order valence-corrected chi connectivity index (χ3v) is 4.06. The van der Waals surface area contributed by atoms with Crippen LogP contribution in [0.3, 0.4) is 0 Å². The fraction of sp³-hybridized carbons (Fsp3) is 0.471. The number of likely N-dealkylation sites (tertiary alicyclic amines) is 1. The lowest BCUT2D eigenvalue weighted by Gasteiger charge is -2.35. The molecule has 22 heavy (non-hydrogen) atoms. The SMILES string of the molecule is Cc1noc(-c2ccc(C(=O)N3CC(C)CC(C)C3)cc2)n1. The summed E-state index contributed by atoms with van der Waals surface area (Å²) in [6.45, 7) is 7.87. The number of aromatic nitrogens is 2. The van der Waals surface area contributed by atoms with E-state index in [1.165, 1.54) is 6.42 Å².